The lowest BCUT2D eigenvalue weighted by Gasteiger charge is -2.06. The summed E-state index contributed by atoms with van der Waals surface area (Å²) in [5, 5.41) is 9.01. The van der Waals surface area contributed by atoms with Gasteiger partial charge in [-0.1, -0.05) is 23.9 Å². The van der Waals surface area contributed by atoms with Gasteiger partial charge in [0, 0.05) is 20.0 Å². The highest BCUT2D eigenvalue weighted by molar-refractivity contribution is 9.10. The molecule has 18 heavy (non-hydrogen) atoms. The van der Waals surface area contributed by atoms with Gasteiger partial charge in [-0.15, -0.1) is 0 Å². The lowest BCUT2D eigenvalue weighted by atomic mass is 10.2. The van der Waals surface area contributed by atoms with Crippen LogP contribution >= 0.6 is 27.7 Å². The largest absolute Gasteiger partial charge is 0.478 e. The molecule has 0 radical (unpaired) electrons. The molecule has 92 valence electrons. The number of benzene rings is 2. The minimum absolute atomic E-state index is 0.132. The van der Waals surface area contributed by atoms with E-state index in [1.807, 2.05) is 30.3 Å². The fraction of sp³-hybridized carbons (Fsp3) is 0. The van der Waals surface area contributed by atoms with E-state index in [0.717, 1.165) is 14.3 Å². The predicted octanol–water partition coefficient (Wildman–Crippen LogP) is 3.88. The zero-order valence-electron chi connectivity index (χ0n) is 9.26. The zero-order valence-corrected chi connectivity index (χ0v) is 11.7. The topological polar surface area (TPSA) is 63.3 Å². The first-order valence-electron chi connectivity index (χ1n) is 5.13. The monoisotopic (exact) mass is 323 g/mol. The first-order valence-corrected chi connectivity index (χ1v) is 6.74. The third-order valence-corrected chi connectivity index (χ3v) is 4.34. The molecule has 0 aromatic heterocycles. The number of carbonyl (C=O) groups is 1. The van der Waals surface area contributed by atoms with E-state index in [0.29, 0.717) is 0 Å². The van der Waals surface area contributed by atoms with Crippen LogP contribution in [0.2, 0.25) is 0 Å². The van der Waals surface area contributed by atoms with Gasteiger partial charge in [-0.2, -0.15) is 0 Å². The van der Waals surface area contributed by atoms with Gasteiger partial charge >= 0.3 is 5.97 Å². The third-order valence-electron chi connectivity index (χ3n) is 2.32. The summed E-state index contributed by atoms with van der Waals surface area (Å²) >= 11 is 4.94. The maximum Gasteiger partial charge on any atom is 0.337 e. The van der Waals surface area contributed by atoms with Crippen molar-refractivity contribution in [2.24, 2.45) is 0 Å². The lowest BCUT2D eigenvalue weighted by molar-refractivity contribution is 0.0698. The molecule has 0 aliphatic heterocycles. The van der Waals surface area contributed by atoms with Crippen LogP contribution in [0, 0.1) is 0 Å². The molecule has 2 rings (SSSR count). The second kappa shape index (κ2) is 5.46. The molecule has 3 nitrogen and oxygen atoms in total. The lowest BCUT2D eigenvalue weighted by Crippen LogP contribution is -2.01. The standard InChI is InChI=1S/C13H10BrNO2S/c14-10-3-1-2-4-12(10)18-8-5-6-11(15)9(7-8)13(16)17/h1-7H,15H2,(H,16,17). The number of nitrogens with two attached hydrogens (primary N) is 1. The maximum absolute atomic E-state index is 11.0. The van der Waals surface area contributed by atoms with Crippen molar-refractivity contribution in [1.82, 2.24) is 0 Å². The molecule has 0 aliphatic rings. The van der Waals surface area contributed by atoms with Gasteiger partial charge in [0.1, 0.15) is 0 Å². The summed E-state index contributed by atoms with van der Waals surface area (Å²) in [7, 11) is 0. The predicted molar refractivity (Wildman–Crippen MR) is 76.1 cm³/mol. The highest BCUT2D eigenvalue weighted by Crippen LogP contribution is 2.34. The Bertz CT molecular complexity index is 601. The summed E-state index contributed by atoms with van der Waals surface area (Å²) in [5.74, 6) is -1.01. The van der Waals surface area contributed by atoms with Gasteiger partial charge in [0.05, 0.1) is 5.56 Å². The van der Waals surface area contributed by atoms with Crippen molar-refractivity contribution < 1.29 is 9.90 Å². The zero-order chi connectivity index (χ0) is 13.1. The molecule has 0 fully saturated rings. The molecule has 3 N–H and O–H groups in total. The van der Waals surface area contributed by atoms with Gasteiger partial charge in [-0.05, 0) is 46.3 Å². The molecule has 5 heteroatoms. The average Bonchev–Trinajstić information content (AvgIpc) is 2.34. The van der Waals surface area contributed by atoms with E-state index >= 15 is 0 Å². The van der Waals surface area contributed by atoms with Crippen molar-refractivity contribution >= 4 is 39.3 Å². The Hall–Kier alpha value is -1.46. The van der Waals surface area contributed by atoms with Crippen molar-refractivity contribution in [1.29, 1.82) is 0 Å². The van der Waals surface area contributed by atoms with Crippen molar-refractivity contribution in [3.8, 4) is 0 Å². The van der Waals surface area contributed by atoms with Crippen molar-refractivity contribution in [2.45, 2.75) is 9.79 Å². The summed E-state index contributed by atoms with van der Waals surface area (Å²) in [6.45, 7) is 0. The first-order chi connectivity index (χ1) is 8.58. The Morgan fingerprint density at radius 3 is 2.61 bits per heavy atom. The molecular weight excluding hydrogens is 314 g/mol. The summed E-state index contributed by atoms with van der Waals surface area (Å²) in [6, 6.07) is 12.8. The Kier molecular flexibility index (Phi) is 3.93. The van der Waals surface area contributed by atoms with Gasteiger partial charge < -0.3 is 10.8 Å². The first kappa shape index (κ1) is 13.0. The number of nitrogen functional groups attached to an aromatic ring is 1. The Balaban J connectivity index is 2.33. The number of carboxylic acid groups (broad SMARTS) is 1. The van der Waals surface area contributed by atoms with E-state index in [2.05, 4.69) is 15.9 Å². The number of halogens is 1. The summed E-state index contributed by atoms with van der Waals surface area (Å²) < 4.78 is 0.976. The van der Waals surface area contributed by atoms with Gasteiger partial charge in [-0.25, -0.2) is 4.79 Å². The van der Waals surface area contributed by atoms with Crippen molar-refractivity contribution in [2.75, 3.05) is 5.73 Å². The van der Waals surface area contributed by atoms with Gasteiger partial charge in [0.15, 0.2) is 0 Å². The highest BCUT2D eigenvalue weighted by Gasteiger charge is 2.10. The number of carboxylic acids is 1. The van der Waals surface area contributed by atoms with Crippen LogP contribution in [0.1, 0.15) is 10.4 Å². The van der Waals surface area contributed by atoms with Crippen LogP contribution in [0.5, 0.6) is 0 Å². The van der Waals surface area contributed by atoms with E-state index in [9.17, 15) is 4.79 Å². The third kappa shape index (κ3) is 2.86. The van der Waals surface area contributed by atoms with Crippen LogP contribution in [0.3, 0.4) is 0 Å². The van der Waals surface area contributed by atoms with Crippen LogP contribution in [0.15, 0.2) is 56.7 Å². The SMILES string of the molecule is Nc1ccc(Sc2ccccc2Br)cc1C(=O)O. The maximum atomic E-state index is 11.0. The number of anilines is 1. The number of hydrogen-bond donors (Lipinski definition) is 2. The minimum atomic E-state index is -1.01. The number of aromatic carboxylic acids is 1. The Morgan fingerprint density at radius 2 is 1.94 bits per heavy atom. The van der Waals surface area contributed by atoms with Gasteiger partial charge in [-0.3, -0.25) is 0 Å². The van der Waals surface area contributed by atoms with E-state index in [-0.39, 0.29) is 11.3 Å². The van der Waals surface area contributed by atoms with Crippen LogP contribution in [-0.2, 0) is 0 Å². The molecule has 0 amide bonds. The molecule has 0 unspecified atom stereocenters. The number of hydrogen-bond acceptors (Lipinski definition) is 3. The summed E-state index contributed by atoms with van der Waals surface area (Å²) in [4.78, 5) is 12.9. The molecule has 0 bridgehead atoms. The quantitative estimate of drug-likeness (QED) is 0.841. The molecule has 0 spiro atoms. The van der Waals surface area contributed by atoms with Crippen LogP contribution < -0.4 is 5.73 Å². The Labute approximate surface area is 117 Å². The average molecular weight is 324 g/mol. The molecule has 2 aromatic carbocycles. The van der Waals surface area contributed by atoms with Crippen LogP contribution in [0.4, 0.5) is 5.69 Å². The van der Waals surface area contributed by atoms with Crippen LogP contribution in [-0.4, -0.2) is 11.1 Å². The van der Waals surface area contributed by atoms with Gasteiger partial charge in [0.2, 0.25) is 0 Å². The molecule has 2 aromatic rings. The molecule has 0 saturated heterocycles. The van der Waals surface area contributed by atoms with E-state index in [1.54, 1.807) is 12.1 Å². The molecule has 0 heterocycles. The minimum Gasteiger partial charge on any atom is -0.478 e. The number of rotatable bonds is 3. The second-order valence-electron chi connectivity index (χ2n) is 3.59. The fourth-order valence-corrected chi connectivity index (χ4v) is 2.85. The summed E-state index contributed by atoms with van der Waals surface area (Å²) in [5.41, 5.74) is 6.02. The van der Waals surface area contributed by atoms with E-state index < -0.39 is 5.97 Å². The summed E-state index contributed by atoms with van der Waals surface area (Å²) in [6.07, 6.45) is 0. The molecule has 0 aliphatic carbocycles. The molecule has 0 atom stereocenters. The van der Waals surface area contributed by atoms with E-state index in [1.165, 1.54) is 11.8 Å². The van der Waals surface area contributed by atoms with Crippen molar-refractivity contribution in [3.05, 3.63) is 52.5 Å². The second-order valence-corrected chi connectivity index (χ2v) is 5.56. The van der Waals surface area contributed by atoms with E-state index in [4.69, 9.17) is 10.8 Å². The molecular formula is C13H10BrNO2S. The smallest absolute Gasteiger partial charge is 0.337 e. The highest BCUT2D eigenvalue weighted by atomic mass is 79.9. The van der Waals surface area contributed by atoms with Crippen molar-refractivity contribution in [3.63, 3.8) is 0 Å². The van der Waals surface area contributed by atoms with Crippen LogP contribution in [0.25, 0.3) is 0 Å². The Morgan fingerprint density at radius 1 is 1.22 bits per heavy atom. The fourth-order valence-electron chi connectivity index (χ4n) is 1.44. The van der Waals surface area contributed by atoms with Gasteiger partial charge in [0.25, 0.3) is 0 Å². The molecule has 0 saturated carbocycles. The normalized spacial score (nSPS) is 10.3.